The Kier molecular flexibility index (Phi) is 7.83. The third-order valence-electron chi connectivity index (χ3n) is 3.66. The van der Waals surface area contributed by atoms with E-state index in [4.69, 9.17) is 5.11 Å². The van der Waals surface area contributed by atoms with E-state index in [-0.39, 0.29) is 18.6 Å². The first-order chi connectivity index (χ1) is 10.1. The first kappa shape index (κ1) is 17.5. The zero-order valence-corrected chi connectivity index (χ0v) is 13.6. The monoisotopic (exact) mass is 291 g/mol. The van der Waals surface area contributed by atoms with Crippen LogP contribution in [-0.4, -0.2) is 36.8 Å². The highest BCUT2D eigenvalue weighted by Gasteiger charge is 2.15. The summed E-state index contributed by atoms with van der Waals surface area (Å²) in [5, 5.41) is 15.8. The van der Waals surface area contributed by atoms with Crippen LogP contribution in [0.25, 0.3) is 0 Å². The average molecular weight is 291 g/mol. The molecule has 0 aliphatic rings. The van der Waals surface area contributed by atoms with Crippen LogP contribution in [0, 0.1) is 5.92 Å². The van der Waals surface area contributed by atoms with Gasteiger partial charge in [-0.2, -0.15) is 0 Å². The van der Waals surface area contributed by atoms with E-state index in [0.29, 0.717) is 12.5 Å². The van der Waals surface area contributed by atoms with Crippen molar-refractivity contribution in [3.8, 4) is 0 Å². The van der Waals surface area contributed by atoms with E-state index < -0.39 is 0 Å². The predicted octanol–water partition coefficient (Wildman–Crippen LogP) is 2.36. The molecular formula is C17H29N3O. The number of aliphatic hydroxyl groups is 1. The van der Waals surface area contributed by atoms with Gasteiger partial charge in [-0.15, -0.1) is 0 Å². The lowest BCUT2D eigenvalue weighted by Crippen LogP contribution is -2.44. The summed E-state index contributed by atoms with van der Waals surface area (Å²) in [4.78, 5) is 4.53. The first-order valence-corrected chi connectivity index (χ1v) is 7.79. The summed E-state index contributed by atoms with van der Waals surface area (Å²) in [6.45, 7) is 10.0. The molecule has 3 unspecified atom stereocenters. The molecule has 0 radical (unpaired) electrons. The lowest BCUT2D eigenvalue weighted by Gasteiger charge is -2.24. The van der Waals surface area contributed by atoms with Crippen LogP contribution < -0.4 is 10.6 Å². The number of aliphatic imine (C=N–C) groups is 1. The maximum absolute atomic E-state index is 9.09. The van der Waals surface area contributed by atoms with Crippen molar-refractivity contribution in [2.45, 2.75) is 39.7 Å². The minimum atomic E-state index is 0.166. The molecule has 21 heavy (non-hydrogen) atoms. The molecule has 0 amide bonds. The minimum Gasteiger partial charge on any atom is -0.396 e. The van der Waals surface area contributed by atoms with Crippen LogP contribution in [-0.2, 0) is 0 Å². The van der Waals surface area contributed by atoms with Gasteiger partial charge in [-0.05, 0) is 25.3 Å². The zero-order chi connectivity index (χ0) is 15.7. The van der Waals surface area contributed by atoms with Gasteiger partial charge in [0.15, 0.2) is 5.96 Å². The van der Waals surface area contributed by atoms with Crippen LogP contribution in [0.15, 0.2) is 35.3 Å². The van der Waals surface area contributed by atoms with Crippen LogP contribution in [0.2, 0.25) is 0 Å². The van der Waals surface area contributed by atoms with Crippen LogP contribution in [0.1, 0.15) is 39.2 Å². The Labute approximate surface area is 128 Å². The molecule has 3 N–H and O–H groups in total. The van der Waals surface area contributed by atoms with Gasteiger partial charge in [0.05, 0.1) is 0 Å². The summed E-state index contributed by atoms with van der Waals surface area (Å²) in [5.41, 5.74) is 1.32. The third-order valence-corrected chi connectivity index (χ3v) is 3.66. The number of nitrogens with zero attached hydrogens (tertiary/aromatic N) is 1. The van der Waals surface area contributed by atoms with Crippen molar-refractivity contribution < 1.29 is 5.11 Å². The second-order valence-electron chi connectivity index (χ2n) is 5.64. The van der Waals surface area contributed by atoms with Crippen molar-refractivity contribution in [1.82, 2.24) is 10.6 Å². The number of nitrogens with one attached hydrogen (secondary N) is 2. The molecule has 1 rings (SSSR count). The largest absolute Gasteiger partial charge is 0.396 e. The lowest BCUT2D eigenvalue weighted by atomic mass is 9.94. The molecule has 0 saturated heterocycles. The van der Waals surface area contributed by atoms with Gasteiger partial charge in [-0.3, -0.25) is 4.99 Å². The second kappa shape index (κ2) is 9.40. The van der Waals surface area contributed by atoms with Gasteiger partial charge in [0.25, 0.3) is 0 Å². The van der Waals surface area contributed by atoms with Crippen molar-refractivity contribution in [3.05, 3.63) is 35.9 Å². The molecular weight excluding hydrogens is 262 g/mol. The Hall–Kier alpha value is -1.55. The van der Waals surface area contributed by atoms with E-state index in [1.165, 1.54) is 5.56 Å². The zero-order valence-electron chi connectivity index (χ0n) is 13.6. The van der Waals surface area contributed by atoms with E-state index >= 15 is 0 Å². The number of hydrogen-bond donors (Lipinski definition) is 3. The molecule has 4 nitrogen and oxygen atoms in total. The normalized spacial score (nSPS) is 16.1. The van der Waals surface area contributed by atoms with E-state index in [9.17, 15) is 0 Å². The molecule has 0 bridgehead atoms. The lowest BCUT2D eigenvalue weighted by molar-refractivity contribution is 0.241. The highest BCUT2D eigenvalue weighted by atomic mass is 16.3. The summed E-state index contributed by atoms with van der Waals surface area (Å²) in [7, 11) is 0. The molecule has 1 aromatic carbocycles. The summed E-state index contributed by atoms with van der Waals surface area (Å²) < 4.78 is 0. The predicted molar refractivity (Wildman–Crippen MR) is 89.7 cm³/mol. The maximum atomic E-state index is 9.09. The standard InChI is InChI=1S/C17H29N3O/c1-5-18-17(19-11-13(2)12-21)20-15(4)14(3)16-9-7-6-8-10-16/h6-10,13-15,21H,5,11-12H2,1-4H3,(H2,18,19,20). The highest BCUT2D eigenvalue weighted by Crippen LogP contribution is 2.18. The summed E-state index contributed by atoms with van der Waals surface area (Å²) in [6.07, 6.45) is 0. The molecule has 0 spiro atoms. The van der Waals surface area contributed by atoms with Crippen LogP contribution in [0.3, 0.4) is 0 Å². The fourth-order valence-electron chi connectivity index (χ4n) is 2.01. The summed E-state index contributed by atoms with van der Waals surface area (Å²) in [5.74, 6) is 1.39. The van der Waals surface area contributed by atoms with Gasteiger partial charge in [0, 0.05) is 31.7 Å². The topological polar surface area (TPSA) is 56.7 Å². The van der Waals surface area contributed by atoms with Crippen molar-refractivity contribution in [2.24, 2.45) is 10.9 Å². The molecule has 0 aromatic heterocycles. The molecule has 0 heterocycles. The molecule has 0 saturated carbocycles. The Balaban J connectivity index is 2.65. The van der Waals surface area contributed by atoms with Gasteiger partial charge >= 0.3 is 0 Å². The summed E-state index contributed by atoms with van der Waals surface area (Å²) >= 11 is 0. The molecule has 0 aliphatic carbocycles. The van der Waals surface area contributed by atoms with Crippen molar-refractivity contribution in [2.75, 3.05) is 19.7 Å². The molecule has 0 aliphatic heterocycles. The Morgan fingerprint density at radius 3 is 2.43 bits per heavy atom. The number of guanidine groups is 1. The van der Waals surface area contributed by atoms with E-state index in [0.717, 1.165) is 12.5 Å². The highest BCUT2D eigenvalue weighted by molar-refractivity contribution is 5.80. The summed E-state index contributed by atoms with van der Waals surface area (Å²) in [6, 6.07) is 10.8. The SMILES string of the molecule is CCNC(=NCC(C)CO)NC(C)C(C)c1ccccc1. The smallest absolute Gasteiger partial charge is 0.191 e. The molecule has 3 atom stereocenters. The van der Waals surface area contributed by atoms with Gasteiger partial charge in [0.2, 0.25) is 0 Å². The molecule has 1 aromatic rings. The number of benzene rings is 1. The minimum absolute atomic E-state index is 0.166. The Morgan fingerprint density at radius 2 is 1.86 bits per heavy atom. The number of aliphatic hydroxyl groups excluding tert-OH is 1. The van der Waals surface area contributed by atoms with E-state index in [2.05, 4.69) is 60.7 Å². The van der Waals surface area contributed by atoms with Crippen LogP contribution in [0.4, 0.5) is 0 Å². The number of rotatable bonds is 7. The van der Waals surface area contributed by atoms with Crippen molar-refractivity contribution in [1.29, 1.82) is 0 Å². The van der Waals surface area contributed by atoms with Crippen molar-refractivity contribution >= 4 is 5.96 Å². The first-order valence-electron chi connectivity index (χ1n) is 7.79. The molecule has 0 fully saturated rings. The molecule has 4 heteroatoms. The maximum Gasteiger partial charge on any atom is 0.191 e. The third kappa shape index (κ3) is 6.17. The van der Waals surface area contributed by atoms with E-state index in [1.807, 2.05) is 13.0 Å². The van der Waals surface area contributed by atoms with Gasteiger partial charge < -0.3 is 15.7 Å². The van der Waals surface area contributed by atoms with E-state index in [1.54, 1.807) is 0 Å². The van der Waals surface area contributed by atoms with Crippen LogP contribution >= 0.6 is 0 Å². The Bertz CT molecular complexity index is 419. The van der Waals surface area contributed by atoms with Gasteiger partial charge in [-0.1, -0.05) is 44.2 Å². The quantitative estimate of drug-likeness (QED) is 0.534. The Morgan fingerprint density at radius 1 is 1.19 bits per heavy atom. The van der Waals surface area contributed by atoms with Gasteiger partial charge in [-0.25, -0.2) is 0 Å². The number of hydrogen-bond acceptors (Lipinski definition) is 2. The fraction of sp³-hybridized carbons (Fsp3) is 0.588. The average Bonchev–Trinajstić information content (AvgIpc) is 2.52. The van der Waals surface area contributed by atoms with Crippen molar-refractivity contribution in [3.63, 3.8) is 0 Å². The second-order valence-corrected chi connectivity index (χ2v) is 5.64. The van der Waals surface area contributed by atoms with Crippen LogP contribution in [0.5, 0.6) is 0 Å². The molecule has 118 valence electrons. The fourth-order valence-corrected chi connectivity index (χ4v) is 2.01. The van der Waals surface area contributed by atoms with Gasteiger partial charge in [0.1, 0.15) is 0 Å².